The van der Waals surface area contributed by atoms with E-state index in [1.165, 1.54) is 77.8 Å². The van der Waals surface area contributed by atoms with Gasteiger partial charge in [0.1, 0.15) is 0 Å². The van der Waals surface area contributed by atoms with Crippen molar-refractivity contribution < 1.29 is 0 Å². The summed E-state index contributed by atoms with van der Waals surface area (Å²) in [7, 11) is 2.27. The summed E-state index contributed by atoms with van der Waals surface area (Å²) in [5.41, 5.74) is 0. The highest BCUT2D eigenvalue weighted by atomic mass is 15.2. The molecule has 1 unspecified atom stereocenters. The molecule has 1 saturated carbocycles. The fraction of sp³-hybridized carbons (Fsp3) is 1.00. The van der Waals surface area contributed by atoms with Crippen molar-refractivity contribution in [1.29, 1.82) is 0 Å². The average molecular weight is 267 g/mol. The lowest BCUT2D eigenvalue weighted by Crippen LogP contribution is -2.43. The molecule has 1 N–H and O–H groups in total. The zero-order chi connectivity index (χ0) is 13.5. The summed E-state index contributed by atoms with van der Waals surface area (Å²) in [6.07, 6.45) is 8.45. The first-order valence-corrected chi connectivity index (χ1v) is 8.43. The summed E-state index contributed by atoms with van der Waals surface area (Å²) in [5.74, 6) is 0.970. The quantitative estimate of drug-likeness (QED) is 0.744. The molecule has 1 aliphatic carbocycles. The van der Waals surface area contributed by atoms with Gasteiger partial charge in [-0.05, 0) is 58.3 Å². The molecule has 0 spiro atoms. The first kappa shape index (κ1) is 15.3. The highest BCUT2D eigenvalue weighted by molar-refractivity contribution is 4.78. The molecule has 2 rings (SSSR count). The highest BCUT2D eigenvalue weighted by Gasteiger charge is 2.21. The van der Waals surface area contributed by atoms with Gasteiger partial charge in [-0.1, -0.05) is 19.8 Å². The Labute approximate surface area is 119 Å². The Hall–Kier alpha value is -0.120. The van der Waals surface area contributed by atoms with Crippen molar-refractivity contribution in [2.45, 2.75) is 51.5 Å². The first-order chi connectivity index (χ1) is 9.29. The van der Waals surface area contributed by atoms with Crippen molar-refractivity contribution in [3.8, 4) is 0 Å². The van der Waals surface area contributed by atoms with Gasteiger partial charge in [0.05, 0.1) is 0 Å². The third-order valence-corrected chi connectivity index (χ3v) is 4.98. The van der Waals surface area contributed by atoms with Crippen LogP contribution < -0.4 is 5.32 Å². The van der Waals surface area contributed by atoms with Crippen LogP contribution in [-0.2, 0) is 0 Å². The highest BCUT2D eigenvalue weighted by Crippen LogP contribution is 2.23. The molecule has 1 saturated heterocycles. The van der Waals surface area contributed by atoms with E-state index in [1.807, 2.05) is 0 Å². The molecule has 19 heavy (non-hydrogen) atoms. The molecule has 2 fully saturated rings. The number of likely N-dealkylation sites (N-methyl/N-ethyl adjacent to an activating group) is 1. The van der Waals surface area contributed by atoms with E-state index >= 15 is 0 Å². The molecule has 1 aliphatic heterocycles. The Morgan fingerprint density at radius 1 is 1.11 bits per heavy atom. The van der Waals surface area contributed by atoms with E-state index in [0.717, 1.165) is 12.0 Å². The van der Waals surface area contributed by atoms with Gasteiger partial charge >= 0.3 is 0 Å². The van der Waals surface area contributed by atoms with E-state index in [1.54, 1.807) is 0 Å². The topological polar surface area (TPSA) is 18.5 Å². The smallest absolute Gasteiger partial charge is 0.0220 e. The van der Waals surface area contributed by atoms with Crippen LogP contribution in [0.15, 0.2) is 0 Å². The minimum atomic E-state index is 0.765. The molecule has 0 aromatic rings. The molecule has 0 amide bonds. The lowest BCUT2D eigenvalue weighted by molar-refractivity contribution is 0.183. The van der Waals surface area contributed by atoms with Gasteiger partial charge in [0.2, 0.25) is 0 Å². The van der Waals surface area contributed by atoms with Crippen LogP contribution in [0.25, 0.3) is 0 Å². The second-order valence-electron chi connectivity index (χ2n) is 6.57. The number of hydrogen-bond donors (Lipinski definition) is 1. The predicted molar refractivity (Wildman–Crippen MR) is 82.6 cm³/mol. The van der Waals surface area contributed by atoms with Crippen LogP contribution in [0, 0.1) is 5.92 Å². The maximum atomic E-state index is 3.70. The maximum absolute atomic E-state index is 3.70. The van der Waals surface area contributed by atoms with Crippen LogP contribution in [0.5, 0.6) is 0 Å². The number of nitrogens with one attached hydrogen (secondary N) is 1. The van der Waals surface area contributed by atoms with Crippen molar-refractivity contribution in [2.75, 3.05) is 46.3 Å². The summed E-state index contributed by atoms with van der Waals surface area (Å²) < 4.78 is 0. The van der Waals surface area contributed by atoms with E-state index in [9.17, 15) is 0 Å². The van der Waals surface area contributed by atoms with Crippen molar-refractivity contribution in [3.63, 3.8) is 0 Å². The second-order valence-corrected chi connectivity index (χ2v) is 6.57. The Balaban J connectivity index is 1.64. The van der Waals surface area contributed by atoms with Crippen LogP contribution in [-0.4, -0.2) is 62.2 Å². The third-order valence-electron chi connectivity index (χ3n) is 4.98. The van der Waals surface area contributed by atoms with E-state index < -0.39 is 0 Å². The zero-order valence-electron chi connectivity index (χ0n) is 13.0. The number of nitrogens with zero attached hydrogens (tertiary/aromatic N) is 2. The summed E-state index contributed by atoms with van der Waals surface area (Å²) in [6.45, 7) is 9.80. The van der Waals surface area contributed by atoms with Gasteiger partial charge in [0, 0.05) is 25.7 Å². The Morgan fingerprint density at radius 3 is 2.63 bits per heavy atom. The molecule has 0 aromatic heterocycles. The monoisotopic (exact) mass is 267 g/mol. The molecule has 0 aromatic carbocycles. The molecule has 3 nitrogen and oxygen atoms in total. The van der Waals surface area contributed by atoms with Crippen LogP contribution in [0.4, 0.5) is 0 Å². The second kappa shape index (κ2) is 8.23. The van der Waals surface area contributed by atoms with Crippen LogP contribution in [0.1, 0.15) is 45.4 Å². The fourth-order valence-corrected chi connectivity index (χ4v) is 3.72. The fourth-order valence-electron chi connectivity index (χ4n) is 3.72. The predicted octanol–water partition coefficient (Wildman–Crippen LogP) is 2.18. The van der Waals surface area contributed by atoms with Crippen molar-refractivity contribution in [3.05, 3.63) is 0 Å². The van der Waals surface area contributed by atoms with E-state index in [2.05, 4.69) is 29.1 Å². The Kier molecular flexibility index (Phi) is 6.62. The third kappa shape index (κ3) is 5.05. The maximum Gasteiger partial charge on any atom is 0.0220 e. The molecular weight excluding hydrogens is 234 g/mol. The number of rotatable bonds is 6. The van der Waals surface area contributed by atoms with Crippen molar-refractivity contribution in [2.24, 2.45) is 5.92 Å². The standard InChI is InChI=1S/C16H33N3/c1-3-16-14-18(2)10-6-11-19(16)12-9-17-13-15-7-4-5-8-15/h15-17H,3-14H2,1-2H3. The molecule has 112 valence electrons. The summed E-state index contributed by atoms with van der Waals surface area (Å²) >= 11 is 0. The normalized spacial score (nSPS) is 27.8. The van der Waals surface area contributed by atoms with Crippen LogP contribution >= 0.6 is 0 Å². The molecule has 1 heterocycles. The lowest BCUT2D eigenvalue weighted by Gasteiger charge is -2.30. The summed E-state index contributed by atoms with van der Waals surface area (Å²) in [5, 5.41) is 3.70. The minimum Gasteiger partial charge on any atom is -0.315 e. The van der Waals surface area contributed by atoms with Gasteiger partial charge in [0.15, 0.2) is 0 Å². The molecule has 0 bridgehead atoms. The van der Waals surface area contributed by atoms with Gasteiger partial charge in [-0.2, -0.15) is 0 Å². The minimum absolute atomic E-state index is 0.765. The van der Waals surface area contributed by atoms with Crippen LogP contribution in [0.3, 0.4) is 0 Å². The van der Waals surface area contributed by atoms with Gasteiger partial charge in [-0.15, -0.1) is 0 Å². The SMILES string of the molecule is CCC1CN(C)CCCN1CCNCC1CCCC1. The Bertz CT molecular complexity index is 238. The largest absolute Gasteiger partial charge is 0.315 e. The summed E-state index contributed by atoms with van der Waals surface area (Å²) in [6, 6.07) is 0.765. The van der Waals surface area contributed by atoms with Gasteiger partial charge in [0.25, 0.3) is 0 Å². The molecule has 0 radical (unpaired) electrons. The molecule has 1 atom stereocenters. The zero-order valence-corrected chi connectivity index (χ0v) is 13.0. The van der Waals surface area contributed by atoms with Crippen LogP contribution in [0.2, 0.25) is 0 Å². The number of hydrogen-bond acceptors (Lipinski definition) is 3. The average Bonchev–Trinajstić information content (AvgIpc) is 2.85. The molecule has 2 aliphatic rings. The van der Waals surface area contributed by atoms with Gasteiger partial charge in [-0.3, -0.25) is 4.90 Å². The van der Waals surface area contributed by atoms with Crippen molar-refractivity contribution in [1.82, 2.24) is 15.1 Å². The summed E-state index contributed by atoms with van der Waals surface area (Å²) in [4.78, 5) is 5.21. The van der Waals surface area contributed by atoms with Crippen molar-refractivity contribution >= 4 is 0 Å². The van der Waals surface area contributed by atoms with Gasteiger partial charge < -0.3 is 10.2 Å². The van der Waals surface area contributed by atoms with E-state index in [4.69, 9.17) is 0 Å². The first-order valence-electron chi connectivity index (χ1n) is 8.43. The molecular formula is C16H33N3. The van der Waals surface area contributed by atoms with E-state index in [-0.39, 0.29) is 0 Å². The van der Waals surface area contributed by atoms with E-state index in [0.29, 0.717) is 0 Å². The molecule has 3 heteroatoms. The lowest BCUT2D eigenvalue weighted by atomic mass is 10.1. The van der Waals surface area contributed by atoms with Gasteiger partial charge in [-0.25, -0.2) is 0 Å². The Morgan fingerprint density at radius 2 is 1.89 bits per heavy atom.